The van der Waals surface area contributed by atoms with Crippen LogP contribution in [0.5, 0.6) is 0 Å². The van der Waals surface area contributed by atoms with Crippen molar-refractivity contribution in [2.45, 2.75) is 4.33 Å². The lowest BCUT2D eigenvalue weighted by Crippen LogP contribution is -2.10. The lowest BCUT2D eigenvalue weighted by Gasteiger charge is -2.03. The Labute approximate surface area is 171 Å². The maximum absolute atomic E-state index is 11.9. The molecule has 134 valence electrons. The molecule has 0 unspecified atom stereocenters. The zero-order chi connectivity index (χ0) is 18.2. The van der Waals surface area contributed by atoms with Gasteiger partial charge in [0.2, 0.25) is 0 Å². The first-order chi connectivity index (χ1) is 11.8. The van der Waals surface area contributed by atoms with Gasteiger partial charge in [-0.2, -0.15) is 0 Å². The van der Waals surface area contributed by atoms with E-state index >= 15 is 0 Å². The van der Waals surface area contributed by atoms with Crippen LogP contribution in [0.2, 0.25) is 8.67 Å². The van der Waals surface area contributed by atoms with Gasteiger partial charge in [0.1, 0.15) is 14.1 Å². The summed E-state index contributed by atoms with van der Waals surface area (Å²) in [6.45, 7) is 0.0722. The highest BCUT2D eigenvalue weighted by Crippen LogP contribution is 2.59. The maximum atomic E-state index is 11.9. The maximum Gasteiger partial charge on any atom is 0.348 e. The molecule has 2 aromatic rings. The summed E-state index contributed by atoms with van der Waals surface area (Å²) in [7, 11) is 0. The number of esters is 2. The van der Waals surface area contributed by atoms with Crippen molar-refractivity contribution in [3.05, 3.63) is 42.7 Å². The smallest absolute Gasteiger partial charge is 0.348 e. The fraction of sp³-hybridized carbons (Fsp3) is 0.333. The van der Waals surface area contributed by atoms with Crippen LogP contribution in [-0.2, 0) is 9.47 Å². The second-order valence-corrected chi connectivity index (χ2v) is 10.2. The molecule has 0 radical (unpaired) electrons. The Kier molecular flexibility index (Phi) is 5.88. The highest BCUT2D eigenvalue weighted by molar-refractivity contribution is 7.18. The van der Waals surface area contributed by atoms with Crippen LogP contribution in [0.1, 0.15) is 19.3 Å². The summed E-state index contributed by atoms with van der Waals surface area (Å²) in [6.07, 6.45) is 0. The highest BCUT2D eigenvalue weighted by Gasteiger charge is 2.64. The lowest BCUT2D eigenvalue weighted by atomic mass is 10.3. The molecule has 10 heteroatoms. The molecule has 0 saturated heterocycles. The standard InChI is InChI=1S/C15H10Cl4O4S2/c16-11-3-1-9(24-11)13(20)22-5-7-8(15(7,18)19)6-23-14(21)10-2-4-12(17)25-10/h1-4,7-8H,5-6H2/t7-,8+. The molecule has 0 aliphatic heterocycles. The van der Waals surface area contributed by atoms with Gasteiger partial charge in [0, 0.05) is 11.8 Å². The normalized spacial score (nSPS) is 21.0. The summed E-state index contributed by atoms with van der Waals surface area (Å²) in [4.78, 5) is 24.6. The van der Waals surface area contributed by atoms with Gasteiger partial charge in [-0.1, -0.05) is 23.2 Å². The number of thiophene rings is 2. The van der Waals surface area contributed by atoms with E-state index < -0.39 is 16.3 Å². The van der Waals surface area contributed by atoms with Crippen molar-refractivity contribution in [2.24, 2.45) is 11.8 Å². The van der Waals surface area contributed by atoms with Crippen LogP contribution < -0.4 is 0 Å². The average molecular weight is 460 g/mol. The second kappa shape index (κ2) is 7.62. The van der Waals surface area contributed by atoms with Gasteiger partial charge in [-0.15, -0.1) is 45.9 Å². The van der Waals surface area contributed by atoms with Crippen molar-refractivity contribution in [3.8, 4) is 0 Å². The van der Waals surface area contributed by atoms with Crippen LogP contribution in [0.3, 0.4) is 0 Å². The minimum absolute atomic E-state index is 0.0361. The molecule has 2 heterocycles. The third-order valence-corrected chi connectivity index (χ3v) is 7.25. The molecule has 1 saturated carbocycles. The van der Waals surface area contributed by atoms with E-state index in [-0.39, 0.29) is 25.0 Å². The van der Waals surface area contributed by atoms with E-state index in [0.717, 1.165) is 22.7 Å². The van der Waals surface area contributed by atoms with E-state index in [9.17, 15) is 9.59 Å². The first-order valence-corrected chi connectivity index (χ1v) is 10.2. The molecule has 0 bridgehead atoms. The predicted octanol–water partition coefficient (Wildman–Crippen LogP) is 5.55. The van der Waals surface area contributed by atoms with Crippen molar-refractivity contribution < 1.29 is 19.1 Å². The molecular formula is C15H10Cl4O4S2. The van der Waals surface area contributed by atoms with Crippen molar-refractivity contribution >= 4 is 81.0 Å². The lowest BCUT2D eigenvalue weighted by molar-refractivity contribution is 0.0425. The molecule has 3 rings (SSSR count). The van der Waals surface area contributed by atoms with Crippen LogP contribution >= 0.6 is 69.1 Å². The first-order valence-electron chi connectivity index (χ1n) is 7.01. The van der Waals surface area contributed by atoms with Crippen LogP contribution in [0.25, 0.3) is 0 Å². The highest BCUT2D eigenvalue weighted by atomic mass is 35.5. The molecular weight excluding hydrogens is 450 g/mol. The topological polar surface area (TPSA) is 52.6 Å². The molecule has 2 aromatic heterocycles. The van der Waals surface area contributed by atoms with Crippen LogP contribution in [-0.4, -0.2) is 29.5 Å². The Bertz CT molecular complexity index is 737. The first kappa shape index (κ1) is 19.3. The number of hydrogen-bond acceptors (Lipinski definition) is 6. The van der Waals surface area contributed by atoms with E-state index in [1.54, 1.807) is 24.3 Å². The molecule has 4 nitrogen and oxygen atoms in total. The number of halogens is 4. The van der Waals surface area contributed by atoms with Gasteiger partial charge in [0.05, 0.1) is 21.9 Å². The monoisotopic (exact) mass is 458 g/mol. The molecule has 1 fully saturated rings. The van der Waals surface area contributed by atoms with Crippen molar-refractivity contribution in [3.63, 3.8) is 0 Å². The molecule has 1 aliphatic carbocycles. The van der Waals surface area contributed by atoms with Crippen LogP contribution in [0.4, 0.5) is 0 Å². The SMILES string of the molecule is O=C(OC[C@@H]1[C@H](COC(=O)c2ccc(Cl)s2)C1(Cl)Cl)c1ccc(Cl)s1. The van der Waals surface area contributed by atoms with Gasteiger partial charge in [-0.25, -0.2) is 9.59 Å². The fourth-order valence-electron chi connectivity index (χ4n) is 2.24. The Morgan fingerprint density at radius 3 is 1.60 bits per heavy atom. The summed E-state index contributed by atoms with van der Waals surface area (Å²) in [5.41, 5.74) is 0. The van der Waals surface area contributed by atoms with E-state index in [2.05, 4.69) is 0 Å². The minimum Gasteiger partial charge on any atom is -0.461 e. The van der Waals surface area contributed by atoms with Gasteiger partial charge in [-0.3, -0.25) is 0 Å². The summed E-state index contributed by atoms with van der Waals surface area (Å²) in [5, 5.41) is 0. The Balaban J connectivity index is 1.48. The third-order valence-electron chi connectivity index (χ3n) is 3.70. The Morgan fingerprint density at radius 2 is 1.28 bits per heavy atom. The number of carbonyl (C=O) groups is 2. The van der Waals surface area contributed by atoms with Crippen molar-refractivity contribution in [2.75, 3.05) is 13.2 Å². The zero-order valence-corrected chi connectivity index (χ0v) is 17.0. The van der Waals surface area contributed by atoms with E-state index in [0.29, 0.717) is 18.4 Å². The van der Waals surface area contributed by atoms with Gasteiger partial charge in [-0.05, 0) is 24.3 Å². The molecule has 1 aliphatic rings. The average Bonchev–Trinajstić information content (AvgIpc) is 2.97. The van der Waals surface area contributed by atoms with Crippen molar-refractivity contribution in [1.29, 1.82) is 0 Å². The van der Waals surface area contributed by atoms with Crippen LogP contribution in [0.15, 0.2) is 24.3 Å². The minimum atomic E-state index is -1.10. The summed E-state index contributed by atoms with van der Waals surface area (Å²) in [5.74, 6) is -1.60. The number of ether oxygens (including phenoxy) is 2. The largest absolute Gasteiger partial charge is 0.461 e. The van der Waals surface area contributed by atoms with Gasteiger partial charge < -0.3 is 9.47 Å². The third kappa shape index (κ3) is 4.43. The number of hydrogen-bond donors (Lipinski definition) is 0. The Hall–Kier alpha value is -0.500. The molecule has 2 atom stereocenters. The van der Waals surface area contributed by atoms with E-state index in [1.807, 2.05) is 0 Å². The molecule has 25 heavy (non-hydrogen) atoms. The number of carbonyl (C=O) groups excluding carboxylic acids is 2. The zero-order valence-electron chi connectivity index (χ0n) is 12.3. The number of alkyl halides is 2. The molecule has 0 aromatic carbocycles. The quantitative estimate of drug-likeness (QED) is 0.419. The predicted molar refractivity (Wildman–Crippen MR) is 101 cm³/mol. The summed E-state index contributed by atoms with van der Waals surface area (Å²) < 4.78 is 10.3. The van der Waals surface area contributed by atoms with E-state index in [4.69, 9.17) is 55.9 Å². The molecule has 0 amide bonds. The van der Waals surface area contributed by atoms with Crippen LogP contribution in [0, 0.1) is 11.8 Å². The van der Waals surface area contributed by atoms with Gasteiger partial charge in [0.25, 0.3) is 0 Å². The van der Waals surface area contributed by atoms with Gasteiger partial charge in [0.15, 0.2) is 0 Å². The molecule has 0 spiro atoms. The fourth-order valence-corrected chi connectivity index (χ4v) is 4.84. The second-order valence-electron chi connectivity index (χ2n) is 5.29. The van der Waals surface area contributed by atoms with Crippen molar-refractivity contribution in [1.82, 2.24) is 0 Å². The number of rotatable bonds is 6. The van der Waals surface area contributed by atoms with E-state index in [1.165, 1.54) is 0 Å². The Morgan fingerprint density at radius 1 is 0.880 bits per heavy atom. The summed E-state index contributed by atoms with van der Waals surface area (Å²) in [6, 6.07) is 6.41. The van der Waals surface area contributed by atoms with Gasteiger partial charge >= 0.3 is 11.9 Å². The molecule has 0 N–H and O–H groups in total. The summed E-state index contributed by atoms with van der Waals surface area (Å²) >= 11 is 26.2.